The molecular formula is C19H23NO. The Kier molecular flexibility index (Phi) is 4.69. The number of likely N-dealkylation sites (tertiary alicyclic amines) is 1. The minimum atomic E-state index is -0.220. The predicted octanol–water partition coefficient (Wildman–Crippen LogP) is 3.11. The van der Waals surface area contributed by atoms with Crippen LogP contribution in [0.15, 0.2) is 60.7 Å². The van der Waals surface area contributed by atoms with Crippen molar-refractivity contribution in [3.05, 3.63) is 71.8 Å². The summed E-state index contributed by atoms with van der Waals surface area (Å²) >= 11 is 0. The number of benzene rings is 2. The minimum Gasteiger partial charge on any atom is -0.391 e. The van der Waals surface area contributed by atoms with Crippen molar-refractivity contribution in [1.29, 1.82) is 0 Å². The monoisotopic (exact) mass is 281 g/mol. The number of hydrogen-bond acceptors (Lipinski definition) is 2. The molecule has 0 saturated carbocycles. The molecule has 0 radical (unpaired) electrons. The van der Waals surface area contributed by atoms with Crippen LogP contribution in [0.4, 0.5) is 0 Å². The van der Waals surface area contributed by atoms with Crippen molar-refractivity contribution in [3.8, 4) is 0 Å². The number of nitrogens with zero attached hydrogens (tertiary/aromatic N) is 1. The molecule has 2 heteroatoms. The first-order valence-electron chi connectivity index (χ1n) is 7.79. The van der Waals surface area contributed by atoms with Gasteiger partial charge in [0.15, 0.2) is 0 Å². The standard InChI is InChI=1S/C19H23NO/c21-19-15-20(14-17-9-5-2-6-10-17)12-11-18(19)13-16-7-3-1-4-8-16/h1-10,18-19,21H,11-15H2/t18-,19-/m1/s1. The molecule has 0 aliphatic carbocycles. The van der Waals surface area contributed by atoms with Crippen LogP contribution in [-0.4, -0.2) is 29.2 Å². The van der Waals surface area contributed by atoms with Gasteiger partial charge in [0.1, 0.15) is 0 Å². The van der Waals surface area contributed by atoms with Crippen LogP contribution in [0.1, 0.15) is 17.5 Å². The number of piperidine rings is 1. The summed E-state index contributed by atoms with van der Waals surface area (Å²) in [6.07, 6.45) is 1.84. The highest BCUT2D eigenvalue weighted by molar-refractivity contribution is 5.16. The molecule has 2 aromatic carbocycles. The van der Waals surface area contributed by atoms with Crippen LogP contribution in [0.2, 0.25) is 0 Å². The Morgan fingerprint density at radius 3 is 2.14 bits per heavy atom. The smallest absolute Gasteiger partial charge is 0.0699 e. The fourth-order valence-electron chi connectivity index (χ4n) is 3.19. The van der Waals surface area contributed by atoms with Gasteiger partial charge < -0.3 is 5.11 Å². The second-order valence-electron chi connectivity index (χ2n) is 6.03. The van der Waals surface area contributed by atoms with E-state index in [-0.39, 0.29) is 6.10 Å². The summed E-state index contributed by atoms with van der Waals surface area (Å²) in [6.45, 7) is 2.80. The van der Waals surface area contributed by atoms with Crippen molar-refractivity contribution in [3.63, 3.8) is 0 Å². The van der Waals surface area contributed by atoms with Crippen LogP contribution in [0.25, 0.3) is 0 Å². The first-order valence-corrected chi connectivity index (χ1v) is 7.79. The molecule has 3 rings (SSSR count). The Bertz CT molecular complexity index is 540. The van der Waals surface area contributed by atoms with E-state index < -0.39 is 0 Å². The Morgan fingerprint density at radius 1 is 0.905 bits per heavy atom. The molecule has 0 amide bonds. The summed E-state index contributed by atoms with van der Waals surface area (Å²) in [7, 11) is 0. The van der Waals surface area contributed by atoms with Gasteiger partial charge in [-0.3, -0.25) is 4.90 Å². The second kappa shape index (κ2) is 6.88. The van der Waals surface area contributed by atoms with Crippen LogP contribution in [-0.2, 0) is 13.0 Å². The largest absolute Gasteiger partial charge is 0.391 e. The second-order valence-corrected chi connectivity index (χ2v) is 6.03. The molecule has 0 spiro atoms. The van der Waals surface area contributed by atoms with Crippen LogP contribution in [0.3, 0.4) is 0 Å². The number of aliphatic hydroxyl groups excluding tert-OH is 1. The molecule has 2 aromatic rings. The van der Waals surface area contributed by atoms with Crippen molar-refractivity contribution in [2.24, 2.45) is 5.92 Å². The van der Waals surface area contributed by atoms with Gasteiger partial charge in [0.25, 0.3) is 0 Å². The van der Waals surface area contributed by atoms with E-state index in [0.717, 1.165) is 32.5 Å². The maximum Gasteiger partial charge on any atom is 0.0699 e. The fourth-order valence-corrected chi connectivity index (χ4v) is 3.19. The molecule has 0 unspecified atom stereocenters. The maximum atomic E-state index is 10.4. The summed E-state index contributed by atoms with van der Waals surface area (Å²) in [4.78, 5) is 2.36. The number of β-amino-alcohol motifs (C(OH)–C–C–N with tert-alkyl or cyclic N) is 1. The lowest BCUT2D eigenvalue weighted by atomic mass is 9.88. The fraction of sp³-hybridized carbons (Fsp3) is 0.368. The molecule has 0 bridgehead atoms. The summed E-state index contributed by atoms with van der Waals surface area (Å²) < 4.78 is 0. The van der Waals surface area contributed by atoms with Crippen LogP contribution in [0.5, 0.6) is 0 Å². The molecule has 21 heavy (non-hydrogen) atoms. The van der Waals surface area contributed by atoms with Crippen molar-refractivity contribution in [2.75, 3.05) is 13.1 Å². The average Bonchev–Trinajstić information content (AvgIpc) is 2.52. The van der Waals surface area contributed by atoms with Gasteiger partial charge in [0.2, 0.25) is 0 Å². The third-order valence-electron chi connectivity index (χ3n) is 4.40. The highest BCUT2D eigenvalue weighted by atomic mass is 16.3. The van der Waals surface area contributed by atoms with E-state index in [9.17, 15) is 5.11 Å². The first-order chi connectivity index (χ1) is 10.3. The molecule has 1 fully saturated rings. The highest BCUT2D eigenvalue weighted by Crippen LogP contribution is 2.23. The van der Waals surface area contributed by atoms with Gasteiger partial charge in [0, 0.05) is 13.1 Å². The number of hydrogen-bond donors (Lipinski definition) is 1. The number of aliphatic hydroxyl groups is 1. The lowest BCUT2D eigenvalue weighted by molar-refractivity contribution is 0.0187. The molecule has 1 N–H and O–H groups in total. The lowest BCUT2D eigenvalue weighted by Crippen LogP contribution is -2.44. The van der Waals surface area contributed by atoms with E-state index in [0.29, 0.717) is 5.92 Å². The van der Waals surface area contributed by atoms with Crippen molar-refractivity contribution >= 4 is 0 Å². The summed E-state index contributed by atoms with van der Waals surface area (Å²) in [5.41, 5.74) is 2.66. The molecule has 110 valence electrons. The van der Waals surface area contributed by atoms with Crippen molar-refractivity contribution < 1.29 is 5.11 Å². The van der Waals surface area contributed by atoms with E-state index in [1.54, 1.807) is 0 Å². The average molecular weight is 281 g/mol. The van der Waals surface area contributed by atoms with Crippen LogP contribution < -0.4 is 0 Å². The zero-order valence-corrected chi connectivity index (χ0v) is 12.4. The molecule has 0 aromatic heterocycles. The van der Waals surface area contributed by atoms with Gasteiger partial charge in [0.05, 0.1) is 6.10 Å². The Balaban J connectivity index is 1.54. The molecule has 1 aliphatic heterocycles. The van der Waals surface area contributed by atoms with E-state index in [2.05, 4.69) is 53.4 Å². The third-order valence-corrected chi connectivity index (χ3v) is 4.40. The normalized spacial score (nSPS) is 23.1. The summed E-state index contributed by atoms with van der Waals surface area (Å²) in [5.74, 6) is 0.388. The van der Waals surface area contributed by atoms with Gasteiger partial charge in [-0.15, -0.1) is 0 Å². The van der Waals surface area contributed by atoms with E-state index in [1.807, 2.05) is 12.1 Å². The molecular weight excluding hydrogens is 258 g/mol. The molecule has 1 saturated heterocycles. The highest BCUT2D eigenvalue weighted by Gasteiger charge is 2.27. The molecule has 2 nitrogen and oxygen atoms in total. The summed E-state index contributed by atoms with van der Waals surface area (Å²) in [5, 5.41) is 10.4. The molecule has 2 atom stereocenters. The van der Waals surface area contributed by atoms with Crippen LogP contribution in [0, 0.1) is 5.92 Å². The van der Waals surface area contributed by atoms with E-state index in [1.165, 1.54) is 11.1 Å². The minimum absolute atomic E-state index is 0.220. The quantitative estimate of drug-likeness (QED) is 0.931. The lowest BCUT2D eigenvalue weighted by Gasteiger charge is -2.36. The topological polar surface area (TPSA) is 23.5 Å². The van der Waals surface area contributed by atoms with E-state index >= 15 is 0 Å². The van der Waals surface area contributed by atoms with Gasteiger partial charge in [-0.05, 0) is 36.4 Å². The summed E-state index contributed by atoms with van der Waals surface area (Å²) in [6, 6.07) is 21.0. The predicted molar refractivity (Wildman–Crippen MR) is 86.0 cm³/mol. The SMILES string of the molecule is O[C@@H]1CN(Cc2ccccc2)CC[C@@H]1Cc1ccccc1. The Morgan fingerprint density at radius 2 is 1.52 bits per heavy atom. The van der Waals surface area contributed by atoms with E-state index in [4.69, 9.17) is 0 Å². The maximum absolute atomic E-state index is 10.4. The zero-order chi connectivity index (χ0) is 14.5. The van der Waals surface area contributed by atoms with Crippen molar-refractivity contribution in [2.45, 2.75) is 25.5 Å². The molecule has 1 heterocycles. The third kappa shape index (κ3) is 3.93. The van der Waals surface area contributed by atoms with Crippen LogP contribution >= 0.6 is 0 Å². The first kappa shape index (κ1) is 14.3. The zero-order valence-electron chi connectivity index (χ0n) is 12.4. The Hall–Kier alpha value is -1.64. The van der Waals surface area contributed by atoms with Crippen molar-refractivity contribution in [1.82, 2.24) is 4.90 Å². The van der Waals surface area contributed by atoms with Gasteiger partial charge in [-0.2, -0.15) is 0 Å². The van der Waals surface area contributed by atoms with Gasteiger partial charge >= 0.3 is 0 Å². The number of rotatable bonds is 4. The van der Waals surface area contributed by atoms with Gasteiger partial charge in [-0.25, -0.2) is 0 Å². The Labute approximate surface area is 127 Å². The molecule has 1 aliphatic rings. The van der Waals surface area contributed by atoms with Gasteiger partial charge in [-0.1, -0.05) is 60.7 Å².